The lowest BCUT2D eigenvalue weighted by Crippen LogP contribution is -2.32. The molecule has 2 rings (SSSR count). The fourth-order valence-corrected chi connectivity index (χ4v) is 2.36. The Bertz CT molecular complexity index is 748. The number of furan rings is 1. The SMILES string of the molecule is CSC(=O)c1cc(F)cc2cc(CNC(=O)OC(C)(C)C)oc12. The minimum atomic E-state index is -0.598. The van der Waals surface area contributed by atoms with E-state index in [2.05, 4.69) is 5.32 Å². The van der Waals surface area contributed by atoms with Gasteiger partial charge in [-0.05, 0) is 45.2 Å². The molecule has 0 spiro atoms. The van der Waals surface area contributed by atoms with Gasteiger partial charge in [0, 0.05) is 5.39 Å². The van der Waals surface area contributed by atoms with E-state index in [1.807, 2.05) is 0 Å². The van der Waals surface area contributed by atoms with Gasteiger partial charge in [0.05, 0.1) is 12.1 Å². The Morgan fingerprint density at radius 3 is 2.61 bits per heavy atom. The summed E-state index contributed by atoms with van der Waals surface area (Å²) in [5, 5.41) is 2.75. The Kier molecular flexibility index (Phi) is 4.99. The van der Waals surface area contributed by atoms with Gasteiger partial charge >= 0.3 is 6.09 Å². The summed E-state index contributed by atoms with van der Waals surface area (Å²) in [6, 6.07) is 4.02. The highest BCUT2D eigenvalue weighted by molar-refractivity contribution is 8.13. The van der Waals surface area contributed by atoms with Crippen LogP contribution in [0.3, 0.4) is 0 Å². The Morgan fingerprint density at radius 2 is 2.00 bits per heavy atom. The number of thioether (sulfide) groups is 1. The second kappa shape index (κ2) is 6.62. The molecule has 23 heavy (non-hydrogen) atoms. The molecule has 0 radical (unpaired) electrons. The van der Waals surface area contributed by atoms with Gasteiger partial charge < -0.3 is 14.5 Å². The number of nitrogens with one attached hydrogen (secondary N) is 1. The normalized spacial score (nSPS) is 11.5. The van der Waals surface area contributed by atoms with Crippen LogP contribution in [0, 0.1) is 5.82 Å². The number of halogens is 1. The molecular weight excluding hydrogens is 321 g/mol. The van der Waals surface area contributed by atoms with E-state index in [9.17, 15) is 14.0 Å². The summed E-state index contributed by atoms with van der Waals surface area (Å²) in [5.41, 5.74) is -0.110. The molecule has 0 aliphatic rings. The number of ether oxygens (including phenoxy) is 1. The van der Waals surface area contributed by atoms with Crippen molar-refractivity contribution < 1.29 is 23.1 Å². The van der Waals surface area contributed by atoms with E-state index in [1.165, 1.54) is 6.07 Å². The quantitative estimate of drug-likeness (QED) is 0.912. The van der Waals surface area contributed by atoms with E-state index in [1.54, 1.807) is 33.1 Å². The molecule has 7 heteroatoms. The third-order valence-electron chi connectivity index (χ3n) is 2.84. The summed E-state index contributed by atoms with van der Waals surface area (Å²) in [5.74, 6) is -0.103. The van der Waals surface area contributed by atoms with E-state index in [0.29, 0.717) is 16.7 Å². The number of rotatable bonds is 3. The molecule has 1 heterocycles. The summed E-state index contributed by atoms with van der Waals surface area (Å²) in [6.07, 6.45) is 1.04. The molecule has 5 nitrogen and oxygen atoms in total. The molecule has 1 aromatic carbocycles. The smallest absolute Gasteiger partial charge is 0.408 e. The molecule has 1 N–H and O–H groups in total. The second-order valence-corrected chi connectivity index (χ2v) is 6.71. The Hall–Kier alpha value is -2.02. The summed E-state index contributed by atoms with van der Waals surface area (Å²) < 4.78 is 24.3. The largest absolute Gasteiger partial charge is 0.458 e. The lowest BCUT2D eigenvalue weighted by molar-refractivity contribution is 0.0520. The first-order chi connectivity index (χ1) is 10.7. The average molecular weight is 339 g/mol. The van der Waals surface area contributed by atoms with Crippen LogP contribution in [0.1, 0.15) is 36.9 Å². The first-order valence-corrected chi connectivity index (χ1v) is 8.19. The maximum Gasteiger partial charge on any atom is 0.408 e. The first kappa shape index (κ1) is 17.3. The second-order valence-electron chi connectivity index (χ2n) is 5.93. The van der Waals surface area contributed by atoms with Crippen molar-refractivity contribution in [2.45, 2.75) is 32.9 Å². The predicted molar refractivity (Wildman–Crippen MR) is 87.1 cm³/mol. The Labute approximate surface area is 137 Å². The van der Waals surface area contributed by atoms with E-state index >= 15 is 0 Å². The standard InChI is InChI=1S/C16H18FNO4S/c1-16(2,3)22-15(20)18-8-11-6-9-5-10(17)7-12(13(9)21-11)14(19)23-4/h5-7H,8H2,1-4H3,(H,18,20). The number of benzene rings is 1. The van der Waals surface area contributed by atoms with Gasteiger partial charge in [-0.25, -0.2) is 9.18 Å². The Balaban J connectivity index is 2.20. The van der Waals surface area contributed by atoms with Gasteiger partial charge in [-0.2, -0.15) is 0 Å². The van der Waals surface area contributed by atoms with Crippen molar-refractivity contribution in [3.05, 3.63) is 35.3 Å². The van der Waals surface area contributed by atoms with E-state index in [4.69, 9.17) is 9.15 Å². The molecule has 0 aliphatic carbocycles. The number of hydrogen-bond donors (Lipinski definition) is 1. The summed E-state index contributed by atoms with van der Waals surface area (Å²) in [7, 11) is 0. The average Bonchev–Trinajstić information content (AvgIpc) is 2.84. The zero-order valence-corrected chi connectivity index (χ0v) is 14.2. The molecule has 1 aromatic heterocycles. The van der Waals surface area contributed by atoms with Crippen molar-refractivity contribution in [2.24, 2.45) is 0 Å². The molecule has 2 aromatic rings. The predicted octanol–water partition coefficient (Wildman–Crippen LogP) is 4.10. The van der Waals surface area contributed by atoms with Crippen molar-refractivity contribution in [3.8, 4) is 0 Å². The fourth-order valence-electron chi connectivity index (χ4n) is 1.99. The van der Waals surface area contributed by atoms with Crippen LogP contribution in [0.25, 0.3) is 11.0 Å². The summed E-state index contributed by atoms with van der Waals surface area (Å²) >= 11 is 0.980. The van der Waals surface area contributed by atoms with Crippen molar-refractivity contribution in [1.82, 2.24) is 5.32 Å². The first-order valence-electron chi connectivity index (χ1n) is 6.97. The van der Waals surface area contributed by atoms with Crippen LogP contribution in [-0.4, -0.2) is 23.1 Å². The van der Waals surface area contributed by atoms with Crippen molar-refractivity contribution in [1.29, 1.82) is 0 Å². The van der Waals surface area contributed by atoms with Gasteiger partial charge in [-0.3, -0.25) is 4.79 Å². The molecule has 1 amide bonds. The minimum absolute atomic E-state index is 0.0815. The van der Waals surface area contributed by atoms with Crippen molar-refractivity contribution in [2.75, 3.05) is 6.26 Å². The van der Waals surface area contributed by atoms with E-state index in [0.717, 1.165) is 17.8 Å². The fraction of sp³-hybridized carbons (Fsp3) is 0.375. The van der Waals surface area contributed by atoms with Gasteiger partial charge in [-0.1, -0.05) is 11.8 Å². The topological polar surface area (TPSA) is 68.5 Å². The van der Waals surface area contributed by atoms with E-state index in [-0.39, 0.29) is 17.2 Å². The number of fused-ring (bicyclic) bond motifs is 1. The molecule has 124 valence electrons. The number of alkyl carbamates (subject to hydrolysis) is 1. The molecule has 0 saturated heterocycles. The van der Waals surface area contributed by atoms with Crippen LogP contribution in [0.2, 0.25) is 0 Å². The molecular formula is C16H18FNO4S. The van der Waals surface area contributed by atoms with Crippen LogP contribution in [0.4, 0.5) is 9.18 Å². The zero-order valence-electron chi connectivity index (χ0n) is 13.4. The lowest BCUT2D eigenvalue weighted by Gasteiger charge is -2.19. The van der Waals surface area contributed by atoms with Crippen molar-refractivity contribution in [3.63, 3.8) is 0 Å². The van der Waals surface area contributed by atoms with Crippen LogP contribution < -0.4 is 5.32 Å². The van der Waals surface area contributed by atoms with Crippen LogP contribution in [0.15, 0.2) is 22.6 Å². The van der Waals surface area contributed by atoms with Gasteiger partial charge in [-0.15, -0.1) is 0 Å². The van der Waals surface area contributed by atoms with Gasteiger partial charge in [0.1, 0.15) is 22.8 Å². The lowest BCUT2D eigenvalue weighted by atomic mass is 10.1. The minimum Gasteiger partial charge on any atom is -0.458 e. The summed E-state index contributed by atoms with van der Waals surface area (Å²) in [6.45, 7) is 5.36. The zero-order chi connectivity index (χ0) is 17.2. The van der Waals surface area contributed by atoms with Crippen molar-refractivity contribution >= 4 is 33.9 Å². The third kappa shape index (κ3) is 4.48. The highest BCUT2D eigenvalue weighted by atomic mass is 32.2. The molecule has 0 saturated carbocycles. The third-order valence-corrected chi connectivity index (χ3v) is 3.43. The molecule has 0 unspecified atom stereocenters. The maximum atomic E-state index is 13.6. The monoisotopic (exact) mass is 339 g/mol. The summed E-state index contributed by atoms with van der Waals surface area (Å²) in [4.78, 5) is 23.5. The van der Waals surface area contributed by atoms with Gasteiger partial charge in [0.25, 0.3) is 0 Å². The van der Waals surface area contributed by atoms with Crippen LogP contribution in [-0.2, 0) is 11.3 Å². The number of carbonyl (C=O) groups is 2. The highest BCUT2D eigenvalue weighted by Gasteiger charge is 2.18. The van der Waals surface area contributed by atoms with Gasteiger partial charge in [0.2, 0.25) is 5.12 Å². The van der Waals surface area contributed by atoms with E-state index < -0.39 is 17.5 Å². The molecule has 0 fully saturated rings. The molecule has 0 bridgehead atoms. The maximum absolute atomic E-state index is 13.6. The number of carbonyl (C=O) groups excluding carboxylic acids is 2. The van der Waals surface area contributed by atoms with Gasteiger partial charge in [0.15, 0.2) is 0 Å². The molecule has 0 aliphatic heterocycles. The van der Waals surface area contributed by atoms with Crippen LogP contribution >= 0.6 is 11.8 Å². The number of hydrogen-bond acceptors (Lipinski definition) is 5. The highest BCUT2D eigenvalue weighted by Crippen LogP contribution is 2.27. The molecule has 0 atom stereocenters. The Morgan fingerprint density at radius 1 is 1.30 bits per heavy atom. The van der Waals surface area contributed by atoms with Crippen LogP contribution in [0.5, 0.6) is 0 Å². The number of amides is 1.